The largest absolute Gasteiger partial charge is 0.507 e. The van der Waals surface area contributed by atoms with Crippen LogP contribution in [-0.2, 0) is 24.3 Å². The van der Waals surface area contributed by atoms with Crippen molar-refractivity contribution in [1.82, 2.24) is 4.31 Å². The van der Waals surface area contributed by atoms with Crippen molar-refractivity contribution in [2.45, 2.75) is 11.3 Å². The predicted molar refractivity (Wildman–Crippen MR) is 75.4 cm³/mol. The van der Waals surface area contributed by atoms with Gasteiger partial charge in [-0.3, -0.25) is 4.79 Å². The molecule has 1 N–H and O–H groups in total. The summed E-state index contributed by atoms with van der Waals surface area (Å²) in [5, 5.41) is 9.72. The number of carbonyl (C=O) groups is 1. The Morgan fingerprint density at radius 1 is 1.24 bits per heavy atom. The molecule has 0 radical (unpaired) electrons. The number of esters is 1. The van der Waals surface area contributed by atoms with Crippen LogP contribution in [0.2, 0.25) is 0 Å². The van der Waals surface area contributed by atoms with Gasteiger partial charge in [0.25, 0.3) is 0 Å². The van der Waals surface area contributed by atoms with E-state index in [1.807, 2.05) is 0 Å². The van der Waals surface area contributed by atoms with E-state index in [1.54, 1.807) is 0 Å². The molecule has 0 bridgehead atoms. The highest BCUT2D eigenvalue weighted by Gasteiger charge is 2.27. The molecule has 7 nitrogen and oxygen atoms in total. The van der Waals surface area contributed by atoms with Crippen LogP contribution in [0.15, 0.2) is 29.2 Å². The molecule has 0 amide bonds. The van der Waals surface area contributed by atoms with Crippen LogP contribution in [-0.4, -0.2) is 57.7 Å². The second-order valence-corrected chi connectivity index (χ2v) is 6.10. The summed E-state index contributed by atoms with van der Waals surface area (Å²) < 4.78 is 35.5. The first-order chi connectivity index (χ1) is 9.93. The summed E-state index contributed by atoms with van der Waals surface area (Å²) in [6.07, 6.45) is -0.0763. The third-order valence-electron chi connectivity index (χ3n) is 2.82. The van der Waals surface area contributed by atoms with Gasteiger partial charge in [-0.1, -0.05) is 12.1 Å². The summed E-state index contributed by atoms with van der Waals surface area (Å²) >= 11 is 0. The zero-order valence-electron chi connectivity index (χ0n) is 12.0. The lowest BCUT2D eigenvalue weighted by Crippen LogP contribution is -2.35. The van der Waals surface area contributed by atoms with E-state index < -0.39 is 16.0 Å². The Labute approximate surface area is 124 Å². The number of phenolic OH excluding ortho intramolecular Hbond substituents is 1. The van der Waals surface area contributed by atoms with Gasteiger partial charge >= 0.3 is 5.97 Å². The zero-order valence-corrected chi connectivity index (χ0v) is 12.8. The fourth-order valence-corrected chi connectivity index (χ4v) is 3.19. The van der Waals surface area contributed by atoms with E-state index in [0.29, 0.717) is 0 Å². The Kier molecular flexibility index (Phi) is 6.60. The molecule has 21 heavy (non-hydrogen) atoms. The minimum absolute atomic E-state index is 0.0489. The van der Waals surface area contributed by atoms with E-state index in [-0.39, 0.29) is 36.8 Å². The Morgan fingerprint density at radius 2 is 1.90 bits per heavy atom. The van der Waals surface area contributed by atoms with Gasteiger partial charge < -0.3 is 14.6 Å². The lowest BCUT2D eigenvalue weighted by Gasteiger charge is -2.21. The first-order valence-corrected chi connectivity index (χ1v) is 7.71. The molecule has 0 aliphatic heterocycles. The summed E-state index contributed by atoms with van der Waals surface area (Å²) in [4.78, 5) is 11.0. The number of para-hydroxylation sites is 1. The van der Waals surface area contributed by atoms with Gasteiger partial charge in [-0.05, 0) is 12.1 Å². The summed E-state index contributed by atoms with van der Waals surface area (Å²) in [5.74, 6) is -0.845. The van der Waals surface area contributed by atoms with Crippen molar-refractivity contribution >= 4 is 16.0 Å². The Balaban J connectivity index is 3.00. The van der Waals surface area contributed by atoms with Gasteiger partial charge in [-0.15, -0.1) is 0 Å². The fourth-order valence-electron chi connectivity index (χ4n) is 1.68. The third-order valence-corrected chi connectivity index (χ3v) is 4.77. The molecule has 1 aromatic rings. The molecule has 1 aromatic carbocycles. The highest BCUT2D eigenvalue weighted by molar-refractivity contribution is 7.89. The summed E-state index contributed by atoms with van der Waals surface area (Å²) in [5.41, 5.74) is 0. The first-order valence-electron chi connectivity index (χ1n) is 6.27. The number of ether oxygens (including phenoxy) is 2. The van der Waals surface area contributed by atoms with Crippen LogP contribution in [0.3, 0.4) is 0 Å². The molecule has 0 fully saturated rings. The maximum atomic E-state index is 12.5. The molecule has 0 aliphatic rings. The Bertz CT molecular complexity index is 572. The van der Waals surface area contributed by atoms with Gasteiger partial charge in [0.15, 0.2) is 0 Å². The van der Waals surface area contributed by atoms with Gasteiger partial charge in [0.1, 0.15) is 10.6 Å². The number of hydrogen-bond donors (Lipinski definition) is 1. The number of methoxy groups -OCH3 is 2. The smallest absolute Gasteiger partial charge is 0.306 e. The van der Waals surface area contributed by atoms with E-state index >= 15 is 0 Å². The topological polar surface area (TPSA) is 93.1 Å². The highest BCUT2D eigenvalue weighted by atomic mass is 32.2. The predicted octanol–water partition coefficient (Wildman–Crippen LogP) is 0.592. The fraction of sp³-hybridized carbons (Fsp3) is 0.462. The third kappa shape index (κ3) is 4.69. The van der Waals surface area contributed by atoms with Crippen molar-refractivity contribution in [1.29, 1.82) is 0 Å². The maximum absolute atomic E-state index is 12.5. The van der Waals surface area contributed by atoms with Crippen molar-refractivity contribution in [3.63, 3.8) is 0 Å². The van der Waals surface area contributed by atoms with Crippen molar-refractivity contribution in [3.05, 3.63) is 24.3 Å². The van der Waals surface area contributed by atoms with E-state index in [4.69, 9.17) is 4.74 Å². The number of carbonyl (C=O) groups excluding carboxylic acids is 1. The minimum atomic E-state index is -3.91. The molecule has 0 spiro atoms. The van der Waals surface area contributed by atoms with Gasteiger partial charge in [-0.2, -0.15) is 4.31 Å². The molecule has 0 saturated heterocycles. The normalized spacial score (nSPS) is 11.6. The van der Waals surface area contributed by atoms with Crippen LogP contribution in [0.1, 0.15) is 6.42 Å². The maximum Gasteiger partial charge on any atom is 0.306 e. The molecule has 118 valence electrons. The Hall–Kier alpha value is -1.64. The number of rotatable bonds is 8. The molecule has 8 heteroatoms. The molecule has 0 unspecified atom stereocenters. The average Bonchev–Trinajstić information content (AvgIpc) is 2.46. The molecule has 0 heterocycles. The molecular formula is C13H19NO6S. The quantitative estimate of drug-likeness (QED) is 0.706. The number of hydrogen-bond acceptors (Lipinski definition) is 6. The molecule has 1 rings (SSSR count). The van der Waals surface area contributed by atoms with Crippen molar-refractivity contribution in [3.8, 4) is 5.75 Å². The van der Waals surface area contributed by atoms with Crippen molar-refractivity contribution in [2.75, 3.05) is 33.9 Å². The average molecular weight is 317 g/mol. The van der Waals surface area contributed by atoms with E-state index in [2.05, 4.69) is 4.74 Å². The standard InChI is InChI=1S/C13H19NO6S/c1-19-10-9-14(8-7-13(16)20-2)21(17,18)12-6-4-3-5-11(12)15/h3-6,15H,7-10H2,1-2H3. The molecule has 0 aromatic heterocycles. The number of benzene rings is 1. The van der Waals surface area contributed by atoms with E-state index in [9.17, 15) is 18.3 Å². The number of aromatic hydroxyl groups is 1. The van der Waals surface area contributed by atoms with Gasteiger partial charge in [0.2, 0.25) is 10.0 Å². The van der Waals surface area contributed by atoms with Gasteiger partial charge in [0.05, 0.1) is 20.1 Å². The summed E-state index contributed by atoms with van der Waals surface area (Å²) in [6.45, 7) is 0.199. The van der Waals surface area contributed by atoms with Crippen LogP contribution in [0.4, 0.5) is 0 Å². The highest BCUT2D eigenvalue weighted by Crippen LogP contribution is 2.25. The lowest BCUT2D eigenvalue weighted by atomic mass is 10.3. The summed E-state index contributed by atoms with van der Waals surface area (Å²) in [6, 6.07) is 5.65. The zero-order chi connectivity index (χ0) is 15.9. The van der Waals surface area contributed by atoms with E-state index in [1.165, 1.54) is 38.5 Å². The molecular weight excluding hydrogens is 298 g/mol. The number of sulfonamides is 1. The SMILES string of the molecule is COCCN(CCC(=O)OC)S(=O)(=O)c1ccccc1O. The van der Waals surface area contributed by atoms with Crippen LogP contribution in [0, 0.1) is 0 Å². The second kappa shape index (κ2) is 7.96. The van der Waals surface area contributed by atoms with E-state index in [0.717, 1.165) is 4.31 Å². The molecule has 0 saturated carbocycles. The van der Waals surface area contributed by atoms with Crippen molar-refractivity contribution < 1.29 is 27.8 Å². The number of phenols is 1. The monoisotopic (exact) mass is 317 g/mol. The Morgan fingerprint density at radius 3 is 2.48 bits per heavy atom. The van der Waals surface area contributed by atoms with Gasteiger partial charge in [-0.25, -0.2) is 8.42 Å². The lowest BCUT2D eigenvalue weighted by molar-refractivity contribution is -0.140. The van der Waals surface area contributed by atoms with Crippen LogP contribution in [0.5, 0.6) is 5.75 Å². The number of nitrogens with zero attached hydrogens (tertiary/aromatic N) is 1. The van der Waals surface area contributed by atoms with Crippen LogP contribution < -0.4 is 0 Å². The van der Waals surface area contributed by atoms with Crippen LogP contribution >= 0.6 is 0 Å². The second-order valence-electron chi connectivity index (χ2n) is 4.19. The molecule has 0 atom stereocenters. The first kappa shape index (κ1) is 17.4. The molecule has 0 aliphatic carbocycles. The van der Waals surface area contributed by atoms with Crippen molar-refractivity contribution in [2.24, 2.45) is 0 Å². The van der Waals surface area contributed by atoms with Crippen LogP contribution in [0.25, 0.3) is 0 Å². The minimum Gasteiger partial charge on any atom is -0.507 e. The summed E-state index contributed by atoms with van der Waals surface area (Å²) in [7, 11) is -1.23. The van der Waals surface area contributed by atoms with Gasteiger partial charge in [0, 0.05) is 20.2 Å².